The highest BCUT2D eigenvalue weighted by atomic mass is 16.5. The third-order valence-corrected chi connectivity index (χ3v) is 2.70. The predicted octanol–water partition coefficient (Wildman–Crippen LogP) is 1.50. The maximum Gasteiger partial charge on any atom is 0.207 e. The monoisotopic (exact) mass is 207 g/mol. The van der Waals surface area contributed by atoms with Crippen molar-refractivity contribution >= 4 is 5.69 Å². The van der Waals surface area contributed by atoms with E-state index in [0.717, 1.165) is 5.69 Å². The van der Waals surface area contributed by atoms with Gasteiger partial charge in [0.1, 0.15) is 0 Å². The molecule has 82 valence electrons. The summed E-state index contributed by atoms with van der Waals surface area (Å²) in [4.78, 5) is 0. The van der Waals surface area contributed by atoms with Gasteiger partial charge in [0.15, 0.2) is 0 Å². The number of hydrogen-bond donors (Lipinski definition) is 2. The summed E-state index contributed by atoms with van der Waals surface area (Å²) in [6.45, 7) is 5.22. The Morgan fingerprint density at radius 2 is 2.27 bits per heavy atom. The zero-order valence-corrected chi connectivity index (χ0v) is 9.16. The molecule has 0 bridgehead atoms. The summed E-state index contributed by atoms with van der Waals surface area (Å²) in [5.74, 6) is 5.35. The van der Waals surface area contributed by atoms with Crippen LogP contribution in [0.2, 0.25) is 0 Å². The first-order valence-corrected chi connectivity index (χ1v) is 5.18. The second-order valence-corrected chi connectivity index (χ2v) is 3.83. The number of para-hydroxylation sites is 1. The average Bonchev–Trinajstić information content (AvgIpc) is 2.20. The minimum atomic E-state index is -0.608. The van der Waals surface area contributed by atoms with Crippen LogP contribution in [-0.2, 0) is 11.3 Å². The van der Waals surface area contributed by atoms with Gasteiger partial charge in [-0.1, -0.05) is 18.2 Å². The van der Waals surface area contributed by atoms with Gasteiger partial charge in [-0.2, -0.15) is 5.01 Å². The van der Waals surface area contributed by atoms with E-state index in [1.54, 1.807) is 5.01 Å². The van der Waals surface area contributed by atoms with Crippen molar-refractivity contribution in [1.82, 2.24) is 5.01 Å². The van der Waals surface area contributed by atoms with Crippen LogP contribution >= 0.6 is 0 Å². The van der Waals surface area contributed by atoms with E-state index in [1.807, 2.05) is 32.0 Å². The molecule has 0 spiro atoms. The number of fused-ring (bicyclic) bond motifs is 1. The molecule has 0 fully saturated rings. The smallest absolute Gasteiger partial charge is 0.207 e. The summed E-state index contributed by atoms with van der Waals surface area (Å²) < 4.78 is 5.63. The Kier molecular flexibility index (Phi) is 2.65. The van der Waals surface area contributed by atoms with Crippen molar-refractivity contribution in [2.45, 2.75) is 26.2 Å². The van der Waals surface area contributed by atoms with Crippen LogP contribution < -0.4 is 11.2 Å². The number of nitrogens with one attached hydrogen (secondary N) is 1. The molecule has 0 radical (unpaired) electrons. The zero-order valence-electron chi connectivity index (χ0n) is 9.16. The molecule has 1 atom stereocenters. The molecule has 1 heterocycles. The fourth-order valence-corrected chi connectivity index (χ4v) is 1.84. The van der Waals surface area contributed by atoms with Gasteiger partial charge in [-0.15, -0.1) is 0 Å². The molecule has 0 aromatic heterocycles. The van der Waals surface area contributed by atoms with E-state index in [0.29, 0.717) is 13.2 Å². The molecule has 15 heavy (non-hydrogen) atoms. The van der Waals surface area contributed by atoms with Crippen molar-refractivity contribution in [2.24, 2.45) is 5.84 Å². The van der Waals surface area contributed by atoms with Gasteiger partial charge in [-0.25, -0.2) is 0 Å². The highest BCUT2D eigenvalue weighted by molar-refractivity contribution is 5.53. The topological polar surface area (TPSA) is 50.5 Å². The van der Waals surface area contributed by atoms with Gasteiger partial charge in [0.05, 0.1) is 0 Å². The van der Waals surface area contributed by atoms with E-state index in [2.05, 4.69) is 11.4 Å². The van der Waals surface area contributed by atoms with Gasteiger partial charge in [0.25, 0.3) is 0 Å². The Labute approximate surface area is 90.0 Å². The number of nitrogens with zero attached hydrogens (tertiary/aromatic N) is 1. The number of anilines is 1. The van der Waals surface area contributed by atoms with E-state index in [4.69, 9.17) is 10.6 Å². The lowest BCUT2D eigenvalue weighted by Gasteiger charge is -2.43. The quantitative estimate of drug-likeness (QED) is 0.721. The maximum absolute atomic E-state index is 5.96. The lowest BCUT2D eigenvalue weighted by atomic mass is 10.1. The first kappa shape index (κ1) is 10.4. The molecule has 0 saturated heterocycles. The van der Waals surface area contributed by atoms with Crippen LogP contribution in [0, 0.1) is 0 Å². The van der Waals surface area contributed by atoms with E-state index in [-0.39, 0.29) is 0 Å². The van der Waals surface area contributed by atoms with Crippen molar-refractivity contribution in [2.75, 3.05) is 11.9 Å². The standard InChI is InChI=1S/C11H17N3O/c1-3-15-11(2)13-10-7-5-4-6-9(10)8-14(11)12/h4-7,13H,3,8,12H2,1-2H3. The van der Waals surface area contributed by atoms with Gasteiger partial charge in [-0.05, 0) is 25.5 Å². The highest BCUT2D eigenvalue weighted by Gasteiger charge is 2.35. The van der Waals surface area contributed by atoms with Crippen LogP contribution in [0.3, 0.4) is 0 Å². The fraction of sp³-hybridized carbons (Fsp3) is 0.455. The van der Waals surface area contributed by atoms with Crippen molar-refractivity contribution in [3.05, 3.63) is 29.8 Å². The number of ether oxygens (including phenoxy) is 1. The lowest BCUT2D eigenvalue weighted by molar-refractivity contribution is -0.130. The first-order valence-electron chi connectivity index (χ1n) is 5.18. The van der Waals surface area contributed by atoms with Gasteiger partial charge in [-0.3, -0.25) is 5.84 Å². The molecule has 4 nitrogen and oxygen atoms in total. The second-order valence-electron chi connectivity index (χ2n) is 3.83. The van der Waals surface area contributed by atoms with Crippen LogP contribution in [0.5, 0.6) is 0 Å². The summed E-state index contributed by atoms with van der Waals surface area (Å²) in [7, 11) is 0. The molecule has 0 amide bonds. The van der Waals surface area contributed by atoms with Crippen LogP contribution in [0.15, 0.2) is 24.3 Å². The molecule has 0 saturated carbocycles. The van der Waals surface area contributed by atoms with Gasteiger partial charge in [0, 0.05) is 18.8 Å². The largest absolute Gasteiger partial charge is 0.344 e. The molecule has 1 aromatic carbocycles. The van der Waals surface area contributed by atoms with Gasteiger partial charge >= 0.3 is 0 Å². The number of benzene rings is 1. The molecule has 1 unspecified atom stereocenters. The summed E-state index contributed by atoms with van der Waals surface area (Å²) >= 11 is 0. The molecule has 4 heteroatoms. The van der Waals surface area contributed by atoms with Crippen LogP contribution in [0.25, 0.3) is 0 Å². The average molecular weight is 207 g/mol. The molecule has 2 rings (SSSR count). The molecular formula is C11H17N3O. The van der Waals surface area contributed by atoms with Crippen molar-refractivity contribution in [1.29, 1.82) is 0 Å². The van der Waals surface area contributed by atoms with E-state index in [1.165, 1.54) is 5.56 Å². The van der Waals surface area contributed by atoms with Crippen LogP contribution in [-0.4, -0.2) is 17.5 Å². The molecule has 0 aliphatic carbocycles. The fourth-order valence-electron chi connectivity index (χ4n) is 1.84. The summed E-state index contributed by atoms with van der Waals surface area (Å²) in [5, 5.41) is 4.98. The third kappa shape index (κ3) is 1.84. The highest BCUT2D eigenvalue weighted by Crippen LogP contribution is 2.29. The van der Waals surface area contributed by atoms with Crippen molar-refractivity contribution < 1.29 is 4.74 Å². The predicted molar refractivity (Wildman–Crippen MR) is 59.8 cm³/mol. The number of hydrazine groups is 1. The minimum Gasteiger partial charge on any atom is -0.344 e. The minimum absolute atomic E-state index is 0.608. The Morgan fingerprint density at radius 1 is 1.53 bits per heavy atom. The molecule has 1 aliphatic heterocycles. The number of nitrogens with two attached hydrogens (primary N) is 1. The number of rotatable bonds is 2. The molecule has 1 aromatic rings. The normalized spacial score (nSPS) is 25.8. The zero-order chi connectivity index (χ0) is 10.9. The van der Waals surface area contributed by atoms with E-state index in [9.17, 15) is 0 Å². The van der Waals surface area contributed by atoms with E-state index >= 15 is 0 Å². The summed E-state index contributed by atoms with van der Waals surface area (Å²) in [6, 6.07) is 8.12. The van der Waals surface area contributed by atoms with Crippen molar-refractivity contribution in [3.63, 3.8) is 0 Å². The summed E-state index contributed by atoms with van der Waals surface area (Å²) in [5.41, 5.74) is 2.28. The second kappa shape index (κ2) is 3.81. The van der Waals surface area contributed by atoms with Gasteiger partial charge in [0.2, 0.25) is 5.85 Å². The molecular weight excluding hydrogens is 190 g/mol. The Balaban J connectivity index is 2.29. The Bertz CT molecular complexity index is 355. The van der Waals surface area contributed by atoms with Crippen LogP contribution in [0.1, 0.15) is 19.4 Å². The van der Waals surface area contributed by atoms with E-state index < -0.39 is 5.85 Å². The molecule has 3 N–H and O–H groups in total. The molecule has 1 aliphatic rings. The van der Waals surface area contributed by atoms with Gasteiger partial charge < -0.3 is 10.1 Å². The Morgan fingerprint density at radius 3 is 3.00 bits per heavy atom. The lowest BCUT2D eigenvalue weighted by Crippen LogP contribution is -2.59. The first-order chi connectivity index (χ1) is 7.15. The maximum atomic E-state index is 5.96. The number of hydrogen-bond acceptors (Lipinski definition) is 4. The third-order valence-electron chi connectivity index (χ3n) is 2.70. The van der Waals surface area contributed by atoms with Crippen molar-refractivity contribution in [3.8, 4) is 0 Å². The Hall–Kier alpha value is -1.10. The SMILES string of the molecule is CCOC1(C)Nc2ccccc2CN1N. The summed E-state index contributed by atoms with van der Waals surface area (Å²) in [6.07, 6.45) is 0. The van der Waals surface area contributed by atoms with Crippen LogP contribution in [0.4, 0.5) is 5.69 Å².